The average Bonchev–Trinajstić information content (AvgIpc) is 2.14. The monoisotopic (exact) mass is 307 g/mol. The molecule has 0 aliphatic carbocycles. The van der Waals surface area contributed by atoms with Crippen LogP contribution < -0.4 is 0 Å². The molecule has 0 saturated heterocycles. The van der Waals surface area contributed by atoms with Crippen LogP contribution in [-0.4, -0.2) is 8.42 Å². The zero-order valence-electron chi connectivity index (χ0n) is 7.79. The summed E-state index contributed by atoms with van der Waals surface area (Å²) >= 11 is 3.10. The van der Waals surface area contributed by atoms with Gasteiger partial charge in [-0.3, -0.25) is 0 Å². The van der Waals surface area contributed by atoms with Gasteiger partial charge < -0.3 is 0 Å². The van der Waals surface area contributed by atoms with E-state index in [2.05, 4.69) is 15.9 Å². The first kappa shape index (κ1) is 12.5. The quantitative estimate of drug-likeness (QED) is 0.789. The van der Waals surface area contributed by atoms with Crippen LogP contribution in [0.1, 0.15) is 18.1 Å². The van der Waals surface area contributed by atoms with Crippen molar-refractivity contribution in [2.75, 3.05) is 0 Å². The first-order chi connectivity index (χ1) is 6.90. The Hall–Kier alpha value is -0.570. The number of benzene rings is 1. The van der Waals surface area contributed by atoms with Crippen LogP contribution >= 0.6 is 26.6 Å². The Morgan fingerprint density at radius 3 is 2.53 bits per heavy atom. The summed E-state index contributed by atoms with van der Waals surface area (Å²) in [5.41, 5.74) is 0.943. The van der Waals surface area contributed by atoms with Crippen LogP contribution in [0.5, 0.6) is 0 Å². The molecule has 15 heavy (non-hydrogen) atoms. The third-order valence-electron chi connectivity index (χ3n) is 1.88. The number of hydrogen-bond acceptors (Lipinski definition) is 3. The Morgan fingerprint density at radius 1 is 1.53 bits per heavy atom. The molecule has 0 aliphatic heterocycles. The van der Waals surface area contributed by atoms with E-state index in [4.69, 9.17) is 15.9 Å². The van der Waals surface area contributed by atoms with Crippen molar-refractivity contribution in [2.45, 2.75) is 18.2 Å². The maximum Gasteiger partial charge on any atom is 0.263 e. The molecule has 1 aromatic carbocycles. The molecule has 3 nitrogen and oxygen atoms in total. The Kier molecular flexibility index (Phi) is 3.77. The highest BCUT2D eigenvalue weighted by molar-refractivity contribution is 9.10. The molecule has 0 bridgehead atoms. The van der Waals surface area contributed by atoms with Gasteiger partial charge in [0.2, 0.25) is 0 Å². The standard InChI is InChI=1S/C9H7BrClNO2S/c1-2-6-3-7(5-12)9(8(10)4-6)15(11,13)14/h3-4H,2H2,1H3. The molecular formula is C9H7BrClNO2S. The summed E-state index contributed by atoms with van der Waals surface area (Å²) in [7, 11) is 1.34. The minimum atomic E-state index is -3.90. The van der Waals surface area contributed by atoms with Crippen LogP contribution in [0.2, 0.25) is 0 Å². The number of halogens is 2. The summed E-state index contributed by atoms with van der Waals surface area (Å²) in [6.07, 6.45) is 0.718. The van der Waals surface area contributed by atoms with Crippen LogP contribution in [0, 0.1) is 11.3 Å². The highest BCUT2D eigenvalue weighted by Crippen LogP contribution is 2.30. The maximum atomic E-state index is 11.2. The Bertz CT molecular complexity index is 534. The van der Waals surface area contributed by atoms with E-state index in [0.29, 0.717) is 4.47 Å². The molecule has 0 unspecified atom stereocenters. The van der Waals surface area contributed by atoms with Gasteiger partial charge in [-0.15, -0.1) is 0 Å². The third kappa shape index (κ3) is 2.71. The van der Waals surface area contributed by atoms with Crippen molar-refractivity contribution in [3.05, 3.63) is 27.7 Å². The molecule has 0 atom stereocenters. The van der Waals surface area contributed by atoms with Crippen molar-refractivity contribution in [1.29, 1.82) is 5.26 Å². The molecule has 0 amide bonds. The van der Waals surface area contributed by atoms with Gasteiger partial charge in [0, 0.05) is 15.2 Å². The van der Waals surface area contributed by atoms with E-state index >= 15 is 0 Å². The third-order valence-corrected chi connectivity index (χ3v) is 4.15. The lowest BCUT2D eigenvalue weighted by molar-refractivity contribution is 0.609. The van der Waals surface area contributed by atoms with E-state index < -0.39 is 9.05 Å². The maximum absolute atomic E-state index is 11.2. The second-order valence-corrected chi connectivity index (χ2v) is 6.21. The van der Waals surface area contributed by atoms with Gasteiger partial charge in [-0.05, 0) is 40.0 Å². The molecule has 0 radical (unpaired) electrons. The molecule has 0 saturated carbocycles. The molecule has 6 heteroatoms. The fraction of sp³-hybridized carbons (Fsp3) is 0.222. The van der Waals surface area contributed by atoms with Gasteiger partial charge >= 0.3 is 0 Å². The topological polar surface area (TPSA) is 57.9 Å². The zero-order valence-corrected chi connectivity index (χ0v) is 10.9. The average molecular weight is 309 g/mol. The van der Waals surface area contributed by atoms with Gasteiger partial charge in [-0.1, -0.05) is 6.92 Å². The normalized spacial score (nSPS) is 11.1. The van der Waals surface area contributed by atoms with Gasteiger partial charge in [0.25, 0.3) is 9.05 Å². The molecular weight excluding hydrogens is 302 g/mol. The van der Waals surface area contributed by atoms with Crippen molar-refractivity contribution in [3.63, 3.8) is 0 Å². The first-order valence-electron chi connectivity index (χ1n) is 4.07. The lowest BCUT2D eigenvalue weighted by Gasteiger charge is -2.05. The van der Waals surface area contributed by atoms with Crippen LogP contribution in [0.25, 0.3) is 0 Å². The SMILES string of the molecule is CCc1cc(Br)c(S(=O)(=O)Cl)c(C#N)c1. The summed E-state index contributed by atoms with van der Waals surface area (Å²) in [5, 5.41) is 8.83. The highest BCUT2D eigenvalue weighted by atomic mass is 79.9. The predicted molar refractivity (Wildman–Crippen MR) is 61.3 cm³/mol. The summed E-state index contributed by atoms with van der Waals surface area (Å²) < 4.78 is 22.8. The van der Waals surface area contributed by atoms with Gasteiger partial charge in [0.1, 0.15) is 11.0 Å². The Labute approximate surface area is 101 Å². The summed E-state index contributed by atoms with van der Waals surface area (Å²) in [6, 6.07) is 5.00. The number of nitriles is 1. The van der Waals surface area contributed by atoms with Gasteiger partial charge in [0.05, 0.1) is 5.56 Å². The number of hydrogen-bond donors (Lipinski definition) is 0. The van der Waals surface area contributed by atoms with Gasteiger partial charge in [-0.25, -0.2) is 8.42 Å². The fourth-order valence-electron chi connectivity index (χ4n) is 1.18. The van der Waals surface area contributed by atoms with Crippen LogP contribution in [-0.2, 0) is 15.5 Å². The van der Waals surface area contributed by atoms with E-state index in [1.165, 1.54) is 6.07 Å². The van der Waals surface area contributed by atoms with Crippen LogP contribution in [0.3, 0.4) is 0 Å². The highest BCUT2D eigenvalue weighted by Gasteiger charge is 2.20. The first-order valence-corrected chi connectivity index (χ1v) is 7.17. The molecule has 0 aromatic heterocycles. The van der Waals surface area contributed by atoms with E-state index in [1.54, 1.807) is 6.07 Å². The molecule has 80 valence electrons. The molecule has 0 N–H and O–H groups in total. The van der Waals surface area contributed by atoms with E-state index in [0.717, 1.165) is 12.0 Å². The number of rotatable bonds is 2. The predicted octanol–water partition coefficient (Wildman–Crippen LogP) is 2.81. The molecule has 0 heterocycles. The Balaban J connectivity index is 3.61. The summed E-state index contributed by atoms with van der Waals surface area (Å²) in [4.78, 5) is -0.163. The molecule has 0 aliphatic rings. The lowest BCUT2D eigenvalue weighted by Crippen LogP contribution is -1.98. The second-order valence-electron chi connectivity index (χ2n) is 2.86. The van der Waals surface area contributed by atoms with Crippen molar-refractivity contribution >= 4 is 35.7 Å². The van der Waals surface area contributed by atoms with Crippen molar-refractivity contribution in [2.24, 2.45) is 0 Å². The molecule has 1 aromatic rings. The minimum absolute atomic E-state index is 0.0659. The van der Waals surface area contributed by atoms with E-state index in [-0.39, 0.29) is 10.5 Å². The van der Waals surface area contributed by atoms with E-state index in [9.17, 15) is 8.42 Å². The van der Waals surface area contributed by atoms with Gasteiger partial charge in [0.15, 0.2) is 0 Å². The second kappa shape index (κ2) is 4.52. The van der Waals surface area contributed by atoms with Crippen LogP contribution in [0.4, 0.5) is 0 Å². The lowest BCUT2D eigenvalue weighted by atomic mass is 10.1. The molecule has 0 spiro atoms. The largest absolute Gasteiger partial charge is 0.263 e. The number of nitrogens with zero attached hydrogens (tertiary/aromatic N) is 1. The van der Waals surface area contributed by atoms with Crippen molar-refractivity contribution in [1.82, 2.24) is 0 Å². The summed E-state index contributed by atoms with van der Waals surface area (Å²) in [6.45, 7) is 1.91. The van der Waals surface area contributed by atoms with Gasteiger partial charge in [-0.2, -0.15) is 5.26 Å². The van der Waals surface area contributed by atoms with Crippen molar-refractivity contribution in [3.8, 4) is 6.07 Å². The zero-order chi connectivity index (χ0) is 11.6. The van der Waals surface area contributed by atoms with Crippen LogP contribution in [0.15, 0.2) is 21.5 Å². The molecule has 1 rings (SSSR count). The minimum Gasteiger partial charge on any atom is -0.207 e. The Morgan fingerprint density at radius 2 is 2.13 bits per heavy atom. The smallest absolute Gasteiger partial charge is 0.207 e. The van der Waals surface area contributed by atoms with Crippen molar-refractivity contribution < 1.29 is 8.42 Å². The van der Waals surface area contributed by atoms with E-state index in [1.807, 2.05) is 13.0 Å². The number of aryl methyl sites for hydroxylation is 1. The molecule has 0 fully saturated rings. The summed E-state index contributed by atoms with van der Waals surface area (Å²) in [5.74, 6) is 0. The fourth-order valence-corrected chi connectivity index (χ4v) is 3.77.